The second-order valence-electron chi connectivity index (χ2n) is 5.44. The number of fused-ring (bicyclic) bond motifs is 1. The average molecular weight is 302 g/mol. The first-order valence-electron chi connectivity index (χ1n) is 7.58. The molecule has 3 rings (SSSR count). The number of hydrogen-bond donors (Lipinski definition) is 1. The Morgan fingerprint density at radius 3 is 2.74 bits per heavy atom. The van der Waals surface area contributed by atoms with Crippen LogP contribution in [0.4, 0.5) is 5.69 Å². The number of aryl methyl sites for hydroxylation is 2. The summed E-state index contributed by atoms with van der Waals surface area (Å²) < 4.78 is 2.10. The minimum absolute atomic E-state index is 0.497. The largest absolute Gasteiger partial charge is 0.346 e. The van der Waals surface area contributed by atoms with Crippen LogP contribution >= 0.6 is 0 Å². The summed E-state index contributed by atoms with van der Waals surface area (Å²) >= 11 is 0. The molecule has 0 saturated carbocycles. The smallest absolute Gasteiger partial charge is 0.0640 e. The van der Waals surface area contributed by atoms with Crippen LogP contribution in [0.15, 0.2) is 59.8 Å². The lowest BCUT2D eigenvalue weighted by molar-refractivity contribution is 0.744. The van der Waals surface area contributed by atoms with Crippen LogP contribution in [0.3, 0.4) is 0 Å². The van der Waals surface area contributed by atoms with Gasteiger partial charge in [-0.25, -0.2) is 0 Å². The van der Waals surface area contributed by atoms with Crippen LogP contribution in [0.25, 0.3) is 10.9 Å². The maximum Gasteiger partial charge on any atom is 0.0640 e. The summed E-state index contributed by atoms with van der Waals surface area (Å²) in [6, 6.07) is 18.5. The molecule has 2 aromatic carbocycles. The molecule has 3 aromatic rings. The average Bonchev–Trinajstić information content (AvgIpc) is 2.93. The van der Waals surface area contributed by atoms with Crippen LogP contribution in [-0.2, 0) is 6.54 Å². The van der Waals surface area contributed by atoms with Gasteiger partial charge in [0.1, 0.15) is 0 Å². The van der Waals surface area contributed by atoms with E-state index in [1.165, 1.54) is 5.56 Å². The van der Waals surface area contributed by atoms with Gasteiger partial charge in [0.05, 0.1) is 24.4 Å². The van der Waals surface area contributed by atoms with Crippen molar-refractivity contribution in [2.75, 3.05) is 5.43 Å². The van der Waals surface area contributed by atoms with E-state index >= 15 is 0 Å². The molecule has 0 amide bonds. The zero-order valence-electron chi connectivity index (χ0n) is 13.0. The van der Waals surface area contributed by atoms with Crippen LogP contribution in [0.5, 0.6) is 0 Å². The summed E-state index contributed by atoms with van der Waals surface area (Å²) in [6.45, 7) is 2.75. The molecule has 4 heteroatoms. The van der Waals surface area contributed by atoms with Gasteiger partial charge in [0.2, 0.25) is 0 Å². The first-order valence-corrected chi connectivity index (χ1v) is 7.58. The van der Waals surface area contributed by atoms with Crippen LogP contribution in [0, 0.1) is 18.3 Å². The fourth-order valence-corrected chi connectivity index (χ4v) is 2.54. The molecule has 0 aliphatic heterocycles. The third kappa shape index (κ3) is 3.41. The van der Waals surface area contributed by atoms with Crippen LogP contribution in [0.2, 0.25) is 0 Å². The fourth-order valence-electron chi connectivity index (χ4n) is 2.54. The number of rotatable bonds is 5. The van der Waals surface area contributed by atoms with Crippen molar-refractivity contribution in [1.29, 1.82) is 5.26 Å². The van der Waals surface area contributed by atoms with Crippen LogP contribution < -0.4 is 5.43 Å². The summed E-state index contributed by atoms with van der Waals surface area (Å²) in [4.78, 5) is 0. The van der Waals surface area contributed by atoms with Gasteiger partial charge in [0.25, 0.3) is 0 Å². The van der Waals surface area contributed by atoms with E-state index in [0.717, 1.165) is 22.2 Å². The number of nitrogens with one attached hydrogen (secondary N) is 1. The van der Waals surface area contributed by atoms with Crippen molar-refractivity contribution in [3.05, 3.63) is 65.9 Å². The van der Waals surface area contributed by atoms with Crippen molar-refractivity contribution in [2.45, 2.75) is 19.9 Å². The molecule has 114 valence electrons. The van der Waals surface area contributed by atoms with E-state index in [1.54, 1.807) is 0 Å². The van der Waals surface area contributed by atoms with Crippen molar-refractivity contribution in [1.82, 2.24) is 4.57 Å². The highest BCUT2D eigenvalue weighted by Crippen LogP contribution is 2.20. The highest BCUT2D eigenvalue weighted by Gasteiger charge is 2.05. The number of anilines is 1. The Morgan fingerprint density at radius 1 is 1.17 bits per heavy atom. The minimum atomic E-state index is 0.497. The van der Waals surface area contributed by atoms with Gasteiger partial charge >= 0.3 is 0 Å². The lowest BCUT2D eigenvalue weighted by Crippen LogP contribution is -1.94. The molecule has 4 nitrogen and oxygen atoms in total. The van der Waals surface area contributed by atoms with Crippen molar-refractivity contribution in [3.63, 3.8) is 0 Å². The number of para-hydroxylation sites is 1. The third-order valence-electron chi connectivity index (χ3n) is 3.73. The molecule has 0 fully saturated rings. The Bertz CT molecular complexity index is 867. The summed E-state index contributed by atoms with van der Waals surface area (Å²) in [6.07, 6.45) is 4.37. The van der Waals surface area contributed by atoms with Crippen molar-refractivity contribution >= 4 is 22.8 Å². The second-order valence-corrected chi connectivity index (χ2v) is 5.44. The topological polar surface area (TPSA) is 53.1 Å². The molecule has 0 aliphatic rings. The minimum Gasteiger partial charge on any atom is -0.346 e. The summed E-state index contributed by atoms with van der Waals surface area (Å²) in [5.41, 5.74) is 7.39. The maximum atomic E-state index is 8.79. The molecular formula is C19H18N4. The Labute approximate surface area is 135 Å². The monoisotopic (exact) mass is 302 g/mol. The Kier molecular flexibility index (Phi) is 4.39. The number of benzene rings is 2. The second kappa shape index (κ2) is 6.80. The first kappa shape index (κ1) is 14.9. The lowest BCUT2D eigenvalue weighted by Gasteiger charge is -2.00. The van der Waals surface area contributed by atoms with Gasteiger partial charge in [0, 0.05) is 29.2 Å². The molecule has 23 heavy (non-hydrogen) atoms. The lowest BCUT2D eigenvalue weighted by atomic mass is 10.2. The van der Waals surface area contributed by atoms with Crippen molar-refractivity contribution in [2.24, 2.45) is 5.10 Å². The highest BCUT2D eigenvalue weighted by atomic mass is 15.3. The standard InChI is InChI=1S/C19H18N4/c1-15-7-9-17(10-8-15)22-21-13-16-14-23(12-4-11-20)19-6-3-2-5-18(16)19/h2-3,5-10,13-14,22H,4,12H2,1H3/b21-13-. The molecule has 0 aliphatic carbocycles. The number of hydrogen-bond acceptors (Lipinski definition) is 3. The van der Waals surface area contributed by atoms with Gasteiger partial charge in [-0.3, -0.25) is 5.43 Å². The Hall–Kier alpha value is -3.06. The Morgan fingerprint density at radius 2 is 1.96 bits per heavy atom. The summed E-state index contributed by atoms with van der Waals surface area (Å²) in [5, 5.41) is 14.3. The number of nitriles is 1. The number of aromatic nitrogens is 1. The van der Waals surface area contributed by atoms with Gasteiger partial charge < -0.3 is 4.57 Å². The molecular weight excluding hydrogens is 284 g/mol. The number of hydrazone groups is 1. The van der Waals surface area contributed by atoms with Gasteiger partial charge in [0.15, 0.2) is 0 Å². The molecule has 0 radical (unpaired) electrons. The highest BCUT2D eigenvalue weighted by molar-refractivity contribution is 5.99. The summed E-state index contributed by atoms with van der Waals surface area (Å²) in [5.74, 6) is 0. The first-order chi connectivity index (χ1) is 11.3. The molecule has 1 N–H and O–H groups in total. The van der Waals surface area contributed by atoms with Gasteiger partial charge in [-0.2, -0.15) is 10.4 Å². The van der Waals surface area contributed by atoms with E-state index in [4.69, 9.17) is 5.26 Å². The Balaban J connectivity index is 1.83. The molecule has 0 atom stereocenters. The van der Waals surface area contributed by atoms with Crippen molar-refractivity contribution < 1.29 is 0 Å². The predicted molar refractivity (Wildman–Crippen MR) is 94.6 cm³/mol. The van der Waals surface area contributed by atoms with Crippen molar-refractivity contribution in [3.8, 4) is 6.07 Å². The molecule has 0 bridgehead atoms. The van der Waals surface area contributed by atoms with E-state index in [9.17, 15) is 0 Å². The van der Waals surface area contributed by atoms with Gasteiger partial charge in [-0.1, -0.05) is 35.9 Å². The zero-order valence-corrected chi connectivity index (χ0v) is 13.0. The molecule has 0 spiro atoms. The summed E-state index contributed by atoms with van der Waals surface area (Å²) in [7, 11) is 0. The third-order valence-corrected chi connectivity index (χ3v) is 3.73. The predicted octanol–water partition coefficient (Wildman–Crippen LogP) is 4.31. The molecule has 1 heterocycles. The maximum absolute atomic E-state index is 8.79. The van der Waals surface area contributed by atoms with E-state index < -0.39 is 0 Å². The molecule has 0 unspecified atom stereocenters. The SMILES string of the molecule is Cc1ccc(N/N=C\c2cn(CCC#N)c3ccccc23)cc1. The van der Waals surface area contributed by atoms with E-state index in [2.05, 4.69) is 40.2 Å². The fraction of sp³-hybridized carbons (Fsp3) is 0.158. The normalized spacial score (nSPS) is 11.0. The van der Waals surface area contributed by atoms with Crippen LogP contribution in [-0.4, -0.2) is 10.8 Å². The quantitative estimate of drug-likeness (QED) is 0.564. The van der Waals surface area contributed by atoms with E-state index in [0.29, 0.717) is 13.0 Å². The van der Waals surface area contributed by atoms with Gasteiger partial charge in [-0.15, -0.1) is 0 Å². The van der Waals surface area contributed by atoms with Gasteiger partial charge in [-0.05, 0) is 25.1 Å². The number of nitrogens with zero attached hydrogens (tertiary/aromatic N) is 3. The van der Waals surface area contributed by atoms with E-state index in [-0.39, 0.29) is 0 Å². The van der Waals surface area contributed by atoms with E-state index in [1.807, 2.05) is 48.8 Å². The molecule has 1 aromatic heterocycles. The van der Waals surface area contributed by atoms with Crippen LogP contribution in [0.1, 0.15) is 17.5 Å². The zero-order chi connectivity index (χ0) is 16.1. The molecule has 0 saturated heterocycles.